The van der Waals surface area contributed by atoms with Gasteiger partial charge in [0.15, 0.2) is 6.10 Å². The van der Waals surface area contributed by atoms with E-state index >= 15 is 0 Å². The number of ether oxygens (including phenoxy) is 2. The molecule has 112 valence electrons. The Labute approximate surface area is 110 Å². The van der Waals surface area contributed by atoms with Crippen LogP contribution in [0.4, 0.5) is 0 Å². The molecule has 8 heteroatoms. The second-order valence-electron chi connectivity index (χ2n) is 4.52. The van der Waals surface area contributed by atoms with Crippen LogP contribution < -0.4 is 0 Å². The van der Waals surface area contributed by atoms with Crippen LogP contribution in [0.2, 0.25) is 0 Å². The van der Waals surface area contributed by atoms with Crippen molar-refractivity contribution in [1.29, 1.82) is 0 Å². The lowest BCUT2D eigenvalue weighted by Gasteiger charge is -2.47. The van der Waals surface area contributed by atoms with Crippen LogP contribution in [-0.2, 0) is 14.3 Å². The lowest BCUT2D eigenvalue weighted by atomic mass is 9.88. The molecule has 6 atom stereocenters. The van der Waals surface area contributed by atoms with Gasteiger partial charge in [0, 0.05) is 6.92 Å². The fourth-order valence-corrected chi connectivity index (χ4v) is 2.11. The van der Waals surface area contributed by atoms with Gasteiger partial charge in [-0.1, -0.05) is 6.92 Å². The van der Waals surface area contributed by atoms with Gasteiger partial charge >= 0.3 is 5.97 Å². The quantitative estimate of drug-likeness (QED) is 0.356. The summed E-state index contributed by atoms with van der Waals surface area (Å²) in [5.41, 5.74) is 0. The number of aliphatic hydroxyl groups excluding tert-OH is 4. The standard InChI is InChI=1S/C11H20O8/c1-3-7(18-5(2)13)11(17)10(16)9(15)8(14)6(4-12)19-11/h6-10,12,14-17H,3-4H2,1-2H3/t6-,7?,8-,9+,10-,11?/m1/s1. The second kappa shape index (κ2) is 6.12. The number of carbonyl (C=O) groups excluding carboxylic acids is 1. The molecule has 1 heterocycles. The summed E-state index contributed by atoms with van der Waals surface area (Å²) in [5, 5.41) is 48.4. The lowest BCUT2D eigenvalue weighted by Crippen LogP contribution is -2.69. The van der Waals surface area contributed by atoms with Gasteiger partial charge in [-0.25, -0.2) is 0 Å². The molecule has 8 nitrogen and oxygen atoms in total. The first kappa shape index (κ1) is 16.3. The maximum Gasteiger partial charge on any atom is 0.303 e. The third-order valence-electron chi connectivity index (χ3n) is 3.14. The first-order chi connectivity index (χ1) is 8.77. The molecule has 1 rings (SSSR count). The van der Waals surface area contributed by atoms with E-state index in [-0.39, 0.29) is 6.42 Å². The number of carbonyl (C=O) groups is 1. The minimum Gasteiger partial charge on any atom is -0.457 e. The zero-order valence-corrected chi connectivity index (χ0v) is 10.8. The van der Waals surface area contributed by atoms with Crippen LogP contribution in [0.15, 0.2) is 0 Å². The summed E-state index contributed by atoms with van der Waals surface area (Å²) < 4.78 is 9.88. The molecule has 0 saturated carbocycles. The van der Waals surface area contributed by atoms with Crippen LogP contribution in [0.5, 0.6) is 0 Å². The maximum absolute atomic E-state index is 11.0. The molecule has 0 radical (unpaired) electrons. The topological polar surface area (TPSA) is 137 Å². The highest BCUT2D eigenvalue weighted by atomic mass is 16.7. The van der Waals surface area contributed by atoms with E-state index in [1.54, 1.807) is 6.92 Å². The number of rotatable bonds is 4. The van der Waals surface area contributed by atoms with Crippen molar-refractivity contribution in [3.05, 3.63) is 0 Å². The molecular weight excluding hydrogens is 260 g/mol. The van der Waals surface area contributed by atoms with E-state index in [4.69, 9.17) is 14.6 Å². The van der Waals surface area contributed by atoms with Crippen LogP contribution in [0, 0.1) is 0 Å². The van der Waals surface area contributed by atoms with Gasteiger partial charge in [-0.15, -0.1) is 0 Å². The van der Waals surface area contributed by atoms with E-state index in [0.717, 1.165) is 6.92 Å². The highest BCUT2D eigenvalue weighted by Crippen LogP contribution is 2.33. The highest BCUT2D eigenvalue weighted by Gasteiger charge is 2.57. The zero-order valence-electron chi connectivity index (χ0n) is 10.8. The van der Waals surface area contributed by atoms with Crippen molar-refractivity contribution < 1.29 is 39.8 Å². The van der Waals surface area contributed by atoms with Crippen molar-refractivity contribution in [3.8, 4) is 0 Å². The van der Waals surface area contributed by atoms with Crippen LogP contribution in [0.3, 0.4) is 0 Å². The SMILES string of the molecule is CCC(OC(C)=O)C1(O)O[C@H](CO)[C@@H](O)[C@H](O)[C@H]1O. The van der Waals surface area contributed by atoms with Gasteiger partial charge in [0.2, 0.25) is 5.79 Å². The fraction of sp³-hybridized carbons (Fsp3) is 0.909. The van der Waals surface area contributed by atoms with E-state index in [1.807, 2.05) is 0 Å². The van der Waals surface area contributed by atoms with Gasteiger partial charge in [0.25, 0.3) is 0 Å². The summed E-state index contributed by atoms with van der Waals surface area (Å²) in [4.78, 5) is 11.0. The van der Waals surface area contributed by atoms with E-state index in [2.05, 4.69) is 0 Å². The molecule has 1 aliphatic heterocycles. The summed E-state index contributed by atoms with van der Waals surface area (Å²) in [6.07, 6.45) is -7.61. The highest BCUT2D eigenvalue weighted by molar-refractivity contribution is 5.66. The van der Waals surface area contributed by atoms with Crippen LogP contribution in [-0.4, -0.2) is 74.4 Å². The lowest BCUT2D eigenvalue weighted by molar-refractivity contribution is -0.376. The van der Waals surface area contributed by atoms with E-state index < -0.39 is 48.9 Å². The Kier molecular flexibility index (Phi) is 5.25. The van der Waals surface area contributed by atoms with Crippen molar-refractivity contribution in [2.45, 2.75) is 56.6 Å². The minimum absolute atomic E-state index is 0.105. The normalized spacial score (nSPS) is 40.8. The molecule has 0 spiro atoms. The maximum atomic E-state index is 11.0. The Morgan fingerprint density at radius 3 is 2.37 bits per heavy atom. The molecule has 0 bridgehead atoms. The number of hydrogen-bond donors (Lipinski definition) is 5. The average molecular weight is 280 g/mol. The molecule has 0 aromatic rings. The van der Waals surface area contributed by atoms with Crippen molar-refractivity contribution in [2.24, 2.45) is 0 Å². The monoisotopic (exact) mass is 280 g/mol. The van der Waals surface area contributed by atoms with Crippen molar-refractivity contribution in [3.63, 3.8) is 0 Å². The van der Waals surface area contributed by atoms with Gasteiger partial charge in [-0.05, 0) is 6.42 Å². The Hall–Kier alpha value is -0.770. The smallest absolute Gasteiger partial charge is 0.303 e. The molecule has 5 N–H and O–H groups in total. The minimum atomic E-state index is -2.40. The van der Waals surface area contributed by atoms with Crippen LogP contribution in [0.25, 0.3) is 0 Å². The largest absolute Gasteiger partial charge is 0.457 e. The second-order valence-corrected chi connectivity index (χ2v) is 4.52. The van der Waals surface area contributed by atoms with Gasteiger partial charge < -0.3 is 35.0 Å². The molecule has 0 amide bonds. The summed E-state index contributed by atoms with van der Waals surface area (Å²) >= 11 is 0. The third-order valence-corrected chi connectivity index (χ3v) is 3.14. The summed E-state index contributed by atoms with van der Waals surface area (Å²) in [5.74, 6) is -3.09. The predicted molar refractivity (Wildman–Crippen MR) is 60.8 cm³/mol. The molecule has 1 fully saturated rings. The number of hydrogen-bond acceptors (Lipinski definition) is 8. The average Bonchev–Trinajstić information content (AvgIpc) is 2.37. The molecule has 19 heavy (non-hydrogen) atoms. The van der Waals surface area contributed by atoms with Crippen LogP contribution in [0.1, 0.15) is 20.3 Å². The van der Waals surface area contributed by atoms with Gasteiger partial charge in [-0.3, -0.25) is 4.79 Å². The first-order valence-corrected chi connectivity index (χ1v) is 6.00. The Morgan fingerprint density at radius 2 is 1.95 bits per heavy atom. The van der Waals surface area contributed by atoms with E-state index in [9.17, 15) is 25.2 Å². The first-order valence-electron chi connectivity index (χ1n) is 6.00. The Balaban J connectivity index is 3.01. The zero-order chi connectivity index (χ0) is 14.8. The van der Waals surface area contributed by atoms with Gasteiger partial charge in [0.05, 0.1) is 6.61 Å². The Bertz CT molecular complexity index is 320. The van der Waals surface area contributed by atoms with Gasteiger partial charge in [-0.2, -0.15) is 0 Å². The van der Waals surface area contributed by atoms with Crippen LogP contribution >= 0.6 is 0 Å². The number of aliphatic hydroxyl groups is 5. The molecule has 0 aromatic carbocycles. The van der Waals surface area contributed by atoms with E-state index in [1.165, 1.54) is 0 Å². The van der Waals surface area contributed by atoms with Crippen molar-refractivity contribution >= 4 is 5.97 Å². The summed E-state index contributed by atoms with van der Waals surface area (Å²) in [6.45, 7) is 2.02. The summed E-state index contributed by atoms with van der Waals surface area (Å²) in [7, 11) is 0. The van der Waals surface area contributed by atoms with Gasteiger partial charge in [0.1, 0.15) is 24.4 Å². The Morgan fingerprint density at radius 1 is 1.37 bits per heavy atom. The fourth-order valence-electron chi connectivity index (χ4n) is 2.11. The molecule has 1 aliphatic rings. The molecule has 2 unspecified atom stereocenters. The third kappa shape index (κ3) is 3.04. The predicted octanol–water partition coefficient (Wildman–Crippen LogP) is -2.51. The van der Waals surface area contributed by atoms with Crippen molar-refractivity contribution in [2.75, 3.05) is 6.61 Å². The molecular formula is C11H20O8. The molecule has 0 aromatic heterocycles. The summed E-state index contributed by atoms with van der Waals surface area (Å²) in [6, 6.07) is 0. The molecule has 1 saturated heterocycles. The number of esters is 1. The van der Waals surface area contributed by atoms with E-state index in [0.29, 0.717) is 0 Å². The molecule has 0 aliphatic carbocycles. The van der Waals surface area contributed by atoms with Crippen molar-refractivity contribution in [1.82, 2.24) is 0 Å².